The van der Waals surface area contributed by atoms with Crippen molar-refractivity contribution in [1.29, 1.82) is 0 Å². The van der Waals surface area contributed by atoms with Crippen LogP contribution in [0, 0.1) is 0 Å². The number of thioether (sulfide) groups is 1. The molecule has 0 saturated carbocycles. The molecule has 2 rings (SSSR count). The Morgan fingerprint density at radius 3 is 1.91 bits per heavy atom. The van der Waals surface area contributed by atoms with E-state index in [1.165, 1.54) is 5.01 Å². The van der Waals surface area contributed by atoms with Crippen molar-refractivity contribution in [3.05, 3.63) is 60.7 Å². The second kappa shape index (κ2) is 18.2. The Morgan fingerprint density at radius 2 is 1.35 bits per heavy atom. The summed E-state index contributed by atoms with van der Waals surface area (Å²) in [6.45, 7) is 0.130. The Labute approximate surface area is 289 Å². The van der Waals surface area contributed by atoms with Crippen LogP contribution in [0.2, 0.25) is 0 Å². The fourth-order valence-electron chi connectivity index (χ4n) is 2.40. The maximum absolute atomic E-state index is 11.0. The van der Waals surface area contributed by atoms with Crippen LogP contribution in [0.15, 0.2) is 76.0 Å². The SMILES string of the molecule is O=S(=O)([O-])CCCS/C(N=Nc1ccccc1)=N\N(CCCS(=O)(=O)[O-])c1ccccc1.[K+].[K+]. The molecule has 2 aromatic rings. The van der Waals surface area contributed by atoms with Gasteiger partial charge in [0.05, 0.1) is 31.6 Å². The van der Waals surface area contributed by atoms with Gasteiger partial charge in [-0.1, -0.05) is 48.2 Å². The van der Waals surface area contributed by atoms with Crippen molar-refractivity contribution in [3.8, 4) is 0 Å². The van der Waals surface area contributed by atoms with E-state index in [4.69, 9.17) is 0 Å². The summed E-state index contributed by atoms with van der Waals surface area (Å²) in [4.78, 5) is 0. The van der Waals surface area contributed by atoms with E-state index >= 15 is 0 Å². The van der Waals surface area contributed by atoms with Gasteiger partial charge in [0.2, 0.25) is 5.17 Å². The van der Waals surface area contributed by atoms with Crippen molar-refractivity contribution in [1.82, 2.24) is 0 Å². The molecule has 0 bridgehead atoms. The molecule has 0 radical (unpaired) electrons. The van der Waals surface area contributed by atoms with Crippen molar-refractivity contribution < 1.29 is 129 Å². The standard InChI is InChI=1S/C19H24N4O6S3.2K/c24-31(25,26)15-7-13-23(18-11-5-2-6-12-18)22-19(30-14-8-16-32(27,28)29)21-20-17-9-3-1-4-10-17;;/h1-6,9-12H,7-8,13-16H2,(H,24,25,26)(H,27,28,29);;/q;2*+1/p-2/b21-20?,22-19-;;. The Bertz CT molecular complexity index is 1120. The van der Waals surface area contributed by atoms with Gasteiger partial charge in [-0.05, 0) is 37.1 Å². The number of rotatable bonds is 11. The quantitative estimate of drug-likeness (QED) is 0.0527. The molecule has 0 unspecified atom stereocenters. The van der Waals surface area contributed by atoms with E-state index in [1.807, 2.05) is 12.1 Å². The van der Waals surface area contributed by atoms with Gasteiger partial charge in [0.25, 0.3) is 0 Å². The molecule has 0 saturated heterocycles. The first-order chi connectivity index (χ1) is 15.1. The van der Waals surface area contributed by atoms with Crippen LogP contribution in [-0.4, -0.2) is 54.9 Å². The molecule has 0 atom stereocenters. The maximum Gasteiger partial charge on any atom is 1.00 e. The molecule has 0 fully saturated rings. The van der Waals surface area contributed by atoms with Gasteiger partial charge in [-0.15, -0.1) is 15.3 Å². The normalized spacial score (nSPS) is 12.1. The summed E-state index contributed by atoms with van der Waals surface area (Å²) in [5.74, 6) is -0.792. The van der Waals surface area contributed by atoms with E-state index < -0.39 is 31.7 Å². The number of benzene rings is 2. The number of hydrazone groups is 1. The van der Waals surface area contributed by atoms with Crippen molar-refractivity contribution in [2.45, 2.75) is 12.8 Å². The van der Waals surface area contributed by atoms with Gasteiger partial charge in [-0.25, -0.2) is 16.8 Å². The van der Waals surface area contributed by atoms with Gasteiger partial charge in [-0.2, -0.15) is 0 Å². The molecule has 0 aliphatic rings. The fourth-order valence-corrected chi connectivity index (χ4v) is 4.29. The summed E-state index contributed by atoms with van der Waals surface area (Å²) >= 11 is 1.11. The van der Waals surface area contributed by atoms with Crippen LogP contribution in [-0.2, 0) is 20.2 Å². The number of para-hydroxylation sites is 1. The molecule has 2 aromatic carbocycles. The molecule has 0 heterocycles. The number of amidine groups is 1. The van der Waals surface area contributed by atoms with Crippen LogP contribution in [0.4, 0.5) is 11.4 Å². The predicted octanol–water partition coefficient (Wildman–Crippen LogP) is -2.84. The van der Waals surface area contributed by atoms with Crippen LogP contribution in [0.25, 0.3) is 0 Å². The molecule has 10 nitrogen and oxygen atoms in total. The van der Waals surface area contributed by atoms with Crippen molar-refractivity contribution in [2.75, 3.05) is 28.8 Å². The monoisotopic (exact) mass is 576 g/mol. The zero-order valence-corrected chi connectivity index (χ0v) is 27.7. The average Bonchev–Trinajstić information content (AvgIpc) is 2.73. The molecule has 0 amide bonds. The maximum atomic E-state index is 11.0. The summed E-state index contributed by atoms with van der Waals surface area (Å²) in [6.07, 6.45) is 0.155. The molecule has 15 heteroatoms. The van der Waals surface area contributed by atoms with Gasteiger partial charge >= 0.3 is 103 Å². The third-order valence-corrected chi connectivity index (χ3v) is 6.29. The van der Waals surface area contributed by atoms with Gasteiger partial charge in [0, 0.05) is 23.8 Å². The number of hydrogen-bond donors (Lipinski definition) is 0. The van der Waals surface area contributed by atoms with Crippen LogP contribution in [0.5, 0.6) is 0 Å². The molecule has 0 aliphatic heterocycles. The van der Waals surface area contributed by atoms with Crippen LogP contribution < -0.4 is 108 Å². The second-order valence-corrected chi connectivity index (χ2v) is 10.6. The molecule has 174 valence electrons. The minimum absolute atomic E-state index is 0. The van der Waals surface area contributed by atoms with E-state index in [9.17, 15) is 25.9 Å². The number of hydrogen-bond acceptors (Lipinski definition) is 10. The Kier molecular flexibility index (Phi) is 18.8. The van der Waals surface area contributed by atoms with E-state index in [2.05, 4.69) is 15.3 Å². The zero-order valence-electron chi connectivity index (χ0n) is 19.0. The number of azo groups is 1. The largest absolute Gasteiger partial charge is 1.00 e. The summed E-state index contributed by atoms with van der Waals surface area (Å²) in [5.41, 5.74) is 1.22. The van der Waals surface area contributed by atoms with Gasteiger partial charge in [0.15, 0.2) is 0 Å². The van der Waals surface area contributed by atoms with Crippen LogP contribution in [0.3, 0.4) is 0 Å². The third-order valence-electron chi connectivity index (χ3n) is 3.80. The summed E-state index contributed by atoms with van der Waals surface area (Å²) in [6, 6.07) is 17.8. The Hall–Kier alpha value is 0.953. The van der Waals surface area contributed by atoms with Gasteiger partial charge in [-0.3, -0.25) is 5.01 Å². The molecule has 34 heavy (non-hydrogen) atoms. The predicted molar refractivity (Wildman–Crippen MR) is 123 cm³/mol. The summed E-state index contributed by atoms with van der Waals surface area (Å²) in [5, 5.41) is 14.4. The van der Waals surface area contributed by atoms with Gasteiger partial charge < -0.3 is 9.11 Å². The molecule has 0 aliphatic carbocycles. The topological polar surface area (TPSA) is 155 Å². The molecule has 0 spiro atoms. The molecule has 0 aromatic heterocycles. The average molecular weight is 577 g/mol. The minimum atomic E-state index is -4.37. The van der Waals surface area contributed by atoms with E-state index in [1.54, 1.807) is 48.5 Å². The minimum Gasteiger partial charge on any atom is -0.748 e. The summed E-state index contributed by atoms with van der Waals surface area (Å²) in [7, 11) is -8.69. The zero-order chi connectivity index (χ0) is 23.5. The fraction of sp³-hybridized carbons (Fsp3) is 0.316. The molecule has 0 N–H and O–H groups in total. The first-order valence-electron chi connectivity index (χ1n) is 9.50. The number of nitrogens with zero attached hydrogens (tertiary/aromatic N) is 4. The molecular formula is C19H22K2N4O6S3. The summed E-state index contributed by atoms with van der Waals surface area (Å²) < 4.78 is 65.4. The van der Waals surface area contributed by atoms with Crippen LogP contribution in [0.1, 0.15) is 12.8 Å². The second-order valence-electron chi connectivity index (χ2n) is 6.46. The molecular weight excluding hydrogens is 555 g/mol. The van der Waals surface area contributed by atoms with Gasteiger partial charge in [0.1, 0.15) is 0 Å². The Morgan fingerprint density at radius 1 is 0.824 bits per heavy atom. The number of anilines is 1. The van der Waals surface area contributed by atoms with E-state index in [0.29, 0.717) is 11.4 Å². The van der Waals surface area contributed by atoms with Crippen LogP contribution >= 0.6 is 11.8 Å². The van der Waals surface area contributed by atoms with E-state index in [0.717, 1.165) is 11.8 Å². The third kappa shape index (κ3) is 16.6. The van der Waals surface area contributed by atoms with Crippen molar-refractivity contribution in [3.63, 3.8) is 0 Å². The van der Waals surface area contributed by atoms with Crippen molar-refractivity contribution >= 4 is 48.5 Å². The van der Waals surface area contributed by atoms with E-state index in [-0.39, 0.29) is 133 Å². The first-order valence-corrected chi connectivity index (χ1v) is 13.6. The smallest absolute Gasteiger partial charge is 0.748 e. The first kappa shape index (κ1) is 35.0. The Balaban J connectivity index is 0.00000544. The van der Waals surface area contributed by atoms with Crippen molar-refractivity contribution in [2.24, 2.45) is 15.3 Å².